The summed E-state index contributed by atoms with van der Waals surface area (Å²) in [6, 6.07) is 0.529. The lowest BCUT2D eigenvalue weighted by atomic mass is 10.1. The van der Waals surface area contributed by atoms with Crippen LogP contribution < -0.4 is 5.32 Å². The standard InChI is InChI=1S/C11H16N2O4/c1-2-16-10(14)9-7-17-11(13-9)12-8-4-3-5-15-6-8/h7-8H,2-6H2,1H3,(H,12,13). The molecule has 17 heavy (non-hydrogen) atoms. The normalized spacial score (nSPS) is 19.9. The number of carbonyl (C=O) groups excluding carboxylic acids is 1. The van der Waals surface area contributed by atoms with E-state index >= 15 is 0 Å². The molecule has 0 bridgehead atoms. The Morgan fingerprint density at radius 3 is 3.29 bits per heavy atom. The van der Waals surface area contributed by atoms with Crippen molar-refractivity contribution in [2.45, 2.75) is 25.8 Å². The van der Waals surface area contributed by atoms with Gasteiger partial charge in [0.25, 0.3) is 6.01 Å². The summed E-state index contributed by atoms with van der Waals surface area (Å²) in [5.41, 5.74) is 0.186. The van der Waals surface area contributed by atoms with Crippen molar-refractivity contribution in [2.24, 2.45) is 0 Å². The van der Waals surface area contributed by atoms with E-state index in [4.69, 9.17) is 13.9 Å². The summed E-state index contributed by atoms with van der Waals surface area (Å²) >= 11 is 0. The second-order valence-corrected chi connectivity index (χ2v) is 3.82. The van der Waals surface area contributed by atoms with Gasteiger partial charge in [-0.05, 0) is 19.8 Å². The largest absolute Gasteiger partial charge is 0.461 e. The van der Waals surface area contributed by atoms with Crippen molar-refractivity contribution >= 4 is 12.0 Å². The van der Waals surface area contributed by atoms with Crippen molar-refractivity contribution in [1.29, 1.82) is 0 Å². The maximum atomic E-state index is 11.4. The summed E-state index contributed by atoms with van der Waals surface area (Å²) in [4.78, 5) is 15.4. The van der Waals surface area contributed by atoms with Gasteiger partial charge in [-0.2, -0.15) is 4.98 Å². The molecule has 2 heterocycles. The minimum Gasteiger partial charge on any atom is -0.461 e. The number of aromatic nitrogens is 1. The Bertz CT molecular complexity index is 371. The van der Waals surface area contributed by atoms with Crippen LogP contribution in [0.25, 0.3) is 0 Å². The molecule has 1 unspecified atom stereocenters. The molecule has 94 valence electrons. The van der Waals surface area contributed by atoms with Crippen LogP contribution in [0.4, 0.5) is 6.01 Å². The van der Waals surface area contributed by atoms with Crippen molar-refractivity contribution in [3.63, 3.8) is 0 Å². The molecule has 1 aliphatic heterocycles. The first-order chi connectivity index (χ1) is 8.29. The molecule has 1 aromatic heterocycles. The topological polar surface area (TPSA) is 73.6 Å². The molecule has 1 atom stereocenters. The van der Waals surface area contributed by atoms with E-state index in [9.17, 15) is 4.79 Å². The lowest BCUT2D eigenvalue weighted by molar-refractivity contribution is 0.0519. The van der Waals surface area contributed by atoms with E-state index < -0.39 is 5.97 Å². The number of carbonyl (C=O) groups is 1. The van der Waals surface area contributed by atoms with Crippen molar-refractivity contribution in [1.82, 2.24) is 4.98 Å². The van der Waals surface area contributed by atoms with Crippen LogP contribution in [0.15, 0.2) is 10.7 Å². The molecule has 1 fully saturated rings. The van der Waals surface area contributed by atoms with Gasteiger partial charge in [0.15, 0.2) is 5.69 Å². The van der Waals surface area contributed by atoms with Gasteiger partial charge >= 0.3 is 5.97 Å². The summed E-state index contributed by atoms with van der Waals surface area (Å²) in [7, 11) is 0. The van der Waals surface area contributed by atoms with Crippen molar-refractivity contribution in [2.75, 3.05) is 25.1 Å². The molecule has 1 aromatic rings. The number of nitrogens with one attached hydrogen (secondary N) is 1. The molecule has 0 aliphatic carbocycles. The molecule has 0 spiro atoms. The number of ether oxygens (including phenoxy) is 2. The van der Waals surface area contributed by atoms with Crippen molar-refractivity contribution < 1.29 is 18.7 Å². The Balaban J connectivity index is 1.91. The highest BCUT2D eigenvalue weighted by Gasteiger charge is 2.18. The average molecular weight is 240 g/mol. The van der Waals surface area contributed by atoms with Gasteiger partial charge in [-0.25, -0.2) is 4.79 Å². The van der Waals surface area contributed by atoms with E-state index in [-0.39, 0.29) is 11.7 Å². The fourth-order valence-electron chi connectivity index (χ4n) is 1.67. The number of hydrogen-bond acceptors (Lipinski definition) is 6. The van der Waals surface area contributed by atoms with Crippen LogP contribution in [0, 0.1) is 0 Å². The predicted molar refractivity (Wildman–Crippen MR) is 59.9 cm³/mol. The molecule has 0 amide bonds. The van der Waals surface area contributed by atoms with Gasteiger partial charge in [-0.3, -0.25) is 0 Å². The number of rotatable bonds is 4. The zero-order valence-electron chi connectivity index (χ0n) is 9.77. The SMILES string of the molecule is CCOC(=O)c1coc(NC2CCCOC2)n1. The highest BCUT2D eigenvalue weighted by Crippen LogP contribution is 2.14. The first kappa shape index (κ1) is 11.9. The van der Waals surface area contributed by atoms with Crippen molar-refractivity contribution in [3.8, 4) is 0 Å². The minimum absolute atomic E-state index is 0.186. The van der Waals surface area contributed by atoms with E-state index in [1.165, 1.54) is 6.26 Å². The Labute approximate surface area is 99.3 Å². The molecule has 6 nitrogen and oxygen atoms in total. The van der Waals surface area contributed by atoms with Crippen LogP contribution in [-0.2, 0) is 9.47 Å². The molecule has 0 radical (unpaired) electrons. The highest BCUT2D eigenvalue weighted by atomic mass is 16.5. The third-order valence-electron chi connectivity index (χ3n) is 2.48. The Kier molecular flexibility index (Phi) is 3.98. The molecule has 1 N–H and O–H groups in total. The quantitative estimate of drug-likeness (QED) is 0.803. The van der Waals surface area contributed by atoms with Crippen LogP contribution in [0.1, 0.15) is 30.3 Å². The highest BCUT2D eigenvalue weighted by molar-refractivity contribution is 5.87. The lowest BCUT2D eigenvalue weighted by Gasteiger charge is -2.21. The first-order valence-corrected chi connectivity index (χ1v) is 5.76. The maximum absolute atomic E-state index is 11.4. The van der Waals surface area contributed by atoms with Gasteiger partial charge in [0.05, 0.1) is 19.3 Å². The smallest absolute Gasteiger partial charge is 0.360 e. The number of esters is 1. The van der Waals surface area contributed by atoms with Gasteiger partial charge in [0.1, 0.15) is 6.26 Å². The molecule has 2 rings (SSSR count). The third-order valence-corrected chi connectivity index (χ3v) is 2.48. The van der Waals surface area contributed by atoms with E-state index in [2.05, 4.69) is 10.3 Å². The first-order valence-electron chi connectivity index (χ1n) is 5.76. The van der Waals surface area contributed by atoms with E-state index in [0.29, 0.717) is 19.2 Å². The lowest BCUT2D eigenvalue weighted by Crippen LogP contribution is -2.30. The monoisotopic (exact) mass is 240 g/mol. The maximum Gasteiger partial charge on any atom is 0.360 e. The summed E-state index contributed by atoms with van der Waals surface area (Å²) < 4.78 is 15.3. The second kappa shape index (κ2) is 5.67. The number of hydrogen-bond donors (Lipinski definition) is 1. The number of anilines is 1. The Morgan fingerprint density at radius 2 is 2.59 bits per heavy atom. The second-order valence-electron chi connectivity index (χ2n) is 3.82. The summed E-state index contributed by atoms with van der Waals surface area (Å²) in [6.07, 6.45) is 3.32. The van der Waals surface area contributed by atoms with Crippen molar-refractivity contribution in [3.05, 3.63) is 12.0 Å². The molecular weight excluding hydrogens is 224 g/mol. The van der Waals surface area contributed by atoms with Gasteiger partial charge in [0, 0.05) is 6.61 Å². The van der Waals surface area contributed by atoms with E-state index in [1.54, 1.807) is 6.92 Å². The Morgan fingerprint density at radius 1 is 1.71 bits per heavy atom. The minimum atomic E-state index is -0.468. The summed E-state index contributed by atoms with van der Waals surface area (Å²) in [5, 5.41) is 3.09. The molecule has 1 aliphatic rings. The molecule has 0 saturated carbocycles. The number of nitrogens with zero attached hydrogens (tertiary/aromatic N) is 1. The van der Waals surface area contributed by atoms with Crippen LogP contribution in [0.5, 0.6) is 0 Å². The van der Waals surface area contributed by atoms with Gasteiger partial charge in [-0.15, -0.1) is 0 Å². The summed E-state index contributed by atoms with van der Waals surface area (Å²) in [6.45, 7) is 3.51. The zero-order valence-corrected chi connectivity index (χ0v) is 9.77. The van der Waals surface area contributed by atoms with Crippen LogP contribution in [0.3, 0.4) is 0 Å². The van der Waals surface area contributed by atoms with Gasteiger partial charge in [0.2, 0.25) is 0 Å². The van der Waals surface area contributed by atoms with Crippen LogP contribution in [-0.4, -0.2) is 36.8 Å². The third kappa shape index (κ3) is 3.20. The Hall–Kier alpha value is -1.56. The summed E-state index contributed by atoms with van der Waals surface area (Å²) in [5.74, 6) is -0.468. The van der Waals surface area contributed by atoms with Gasteiger partial charge in [-0.1, -0.05) is 0 Å². The number of oxazole rings is 1. The zero-order chi connectivity index (χ0) is 12.1. The fraction of sp³-hybridized carbons (Fsp3) is 0.636. The van der Waals surface area contributed by atoms with E-state index in [0.717, 1.165) is 19.4 Å². The molecule has 0 aromatic carbocycles. The molecule has 6 heteroatoms. The van der Waals surface area contributed by atoms with Crippen LogP contribution >= 0.6 is 0 Å². The average Bonchev–Trinajstić information content (AvgIpc) is 2.79. The molecule has 1 saturated heterocycles. The van der Waals surface area contributed by atoms with Crippen LogP contribution in [0.2, 0.25) is 0 Å². The molecular formula is C11H16N2O4. The van der Waals surface area contributed by atoms with Gasteiger partial charge < -0.3 is 19.2 Å². The van der Waals surface area contributed by atoms with E-state index in [1.807, 2.05) is 0 Å². The fourth-order valence-corrected chi connectivity index (χ4v) is 1.67. The predicted octanol–water partition coefficient (Wildman–Crippen LogP) is 1.44.